The zero-order valence-corrected chi connectivity index (χ0v) is 9.27. The first-order valence-corrected chi connectivity index (χ1v) is 7.12. The van der Waals surface area contributed by atoms with Crippen LogP contribution >= 0.6 is 15.3 Å². The summed E-state index contributed by atoms with van der Waals surface area (Å²) >= 11 is 0. The summed E-state index contributed by atoms with van der Waals surface area (Å²) < 4.78 is 10.7. The minimum absolute atomic E-state index is 0.0571. The van der Waals surface area contributed by atoms with Crippen molar-refractivity contribution in [3.05, 3.63) is 30.3 Å². The molecule has 82 valence electrons. The van der Waals surface area contributed by atoms with Crippen molar-refractivity contribution in [2.45, 2.75) is 0 Å². The summed E-state index contributed by atoms with van der Waals surface area (Å²) in [6.07, 6.45) is 0. The summed E-state index contributed by atoms with van der Waals surface area (Å²) in [6.45, 7) is 0. The van der Waals surface area contributed by atoms with Crippen LogP contribution < -0.4 is 5.30 Å². The normalized spacial score (nSPS) is 12.5. The van der Waals surface area contributed by atoms with E-state index in [1.807, 2.05) is 0 Å². The van der Waals surface area contributed by atoms with Gasteiger partial charge in [-0.25, -0.2) is 14.4 Å². The number of hydrogen-bond acceptors (Lipinski definition) is 4. The maximum atomic E-state index is 10.7. The predicted octanol–water partition coefficient (Wildman–Crippen LogP) is 0.257. The molecule has 0 heterocycles. The fraction of sp³-hybridized carbons (Fsp3) is 0. The Morgan fingerprint density at radius 2 is 1.67 bits per heavy atom. The Kier molecular flexibility index (Phi) is 3.41. The summed E-state index contributed by atoms with van der Waals surface area (Å²) in [4.78, 5) is 36.4. The van der Waals surface area contributed by atoms with Gasteiger partial charge in [0.15, 0.2) is 5.30 Å². The largest absolute Gasteiger partial charge is 0.415 e. The van der Waals surface area contributed by atoms with Crippen LogP contribution in [0.2, 0.25) is 0 Å². The van der Waals surface area contributed by atoms with E-state index in [4.69, 9.17) is 15.2 Å². The fourth-order valence-corrected chi connectivity index (χ4v) is 3.57. The van der Waals surface area contributed by atoms with E-state index in [1.165, 1.54) is 24.3 Å². The van der Waals surface area contributed by atoms with Gasteiger partial charge >= 0.3 is 20.5 Å². The molecule has 6 nitrogen and oxygen atoms in total. The molecule has 0 aromatic heterocycles. The van der Waals surface area contributed by atoms with Crippen LogP contribution in [0.1, 0.15) is 0 Å². The zero-order valence-electron chi connectivity index (χ0n) is 7.48. The molecule has 8 heteroatoms. The minimum Gasteiger partial charge on any atom is -0.317 e. The third-order valence-electron chi connectivity index (χ3n) is 1.69. The molecule has 0 aliphatic heterocycles. The lowest BCUT2D eigenvalue weighted by Crippen LogP contribution is -2.17. The van der Waals surface area contributed by atoms with Crippen LogP contribution in [0.25, 0.3) is 0 Å². The zero-order chi connectivity index (χ0) is 11.7. The van der Waals surface area contributed by atoms with Crippen molar-refractivity contribution in [1.82, 2.24) is 0 Å². The lowest BCUT2D eigenvalue weighted by molar-refractivity contribution is 0.390. The summed E-state index contributed by atoms with van der Waals surface area (Å²) in [5.74, 6) is 0. The Labute approximate surface area is 86.4 Å². The van der Waals surface area contributed by atoms with Gasteiger partial charge in [0.25, 0.3) is 0 Å². The van der Waals surface area contributed by atoms with Crippen molar-refractivity contribution in [2.24, 2.45) is 0 Å². The van der Waals surface area contributed by atoms with E-state index in [-0.39, 0.29) is 5.30 Å². The molecule has 0 atom stereocenters. The third kappa shape index (κ3) is 2.69. The van der Waals surface area contributed by atoms with E-state index in [0.29, 0.717) is 0 Å². The van der Waals surface area contributed by atoms with Gasteiger partial charge in [-0.1, -0.05) is 18.2 Å². The van der Waals surface area contributed by atoms with Crippen LogP contribution in [-0.4, -0.2) is 24.8 Å². The highest BCUT2D eigenvalue weighted by Gasteiger charge is 2.52. The van der Waals surface area contributed by atoms with Gasteiger partial charge in [0.2, 0.25) is 0 Å². The first kappa shape index (κ1) is 12.5. The first-order valence-electron chi connectivity index (χ1n) is 3.81. The van der Waals surface area contributed by atoms with Crippen LogP contribution in [0.15, 0.2) is 30.3 Å². The van der Waals surface area contributed by atoms with Crippen molar-refractivity contribution in [2.75, 3.05) is 0 Å². The molecule has 1 aromatic carbocycles. The molecule has 0 aliphatic carbocycles. The van der Waals surface area contributed by atoms with Crippen LogP contribution in [0.4, 0.5) is 0 Å². The third-order valence-corrected chi connectivity index (χ3v) is 5.47. The molecule has 0 fully saturated rings. The molecule has 1 rings (SSSR count). The Morgan fingerprint density at radius 1 is 1.20 bits per heavy atom. The van der Waals surface area contributed by atoms with Crippen LogP contribution in [0.3, 0.4) is 0 Å². The van der Waals surface area contributed by atoms with E-state index < -0.39 is 20.5 Å². The molecule has 0 unspecified atom stereocenters. The number of hydrogen-bond donors (Lipinski definition) is 5. The van der Waals surface area contributed by atoms with Gasteiger partial charge in [0.05, 0.1) is 0 Å². The van der Waals surface area contributed by atoms with Crippen LogP contribution in [0, 0.1) is 5.41 Å². The average molecular weight is 250 g/mol. The number of nitrogens with one attached hydrogen (secondary N) is 1. The van der Waals surface area contributed by atoms with Gasteiger partial charge < -0.3 is 9.79 Å². The standard InChI is InChI=1S/C7H9NO5P2/c8-7(15(11,12)13)14(9,10)6-4-2-1-3-5-6/h1-5,8-10H,(H-,11,12,13)/p+1. The van der Waals surface area contributed by atoms with Crippen LogP contribution in [0.5, 0.6) is 0 Å². The number of benzene rings is 1. The van der Waals surface area contributed by atoms with Gasteiger partial charge in [-0.2, -0.15) is 0 Å². The summed E-state index contributed by atoms with van der Waals surface area (Å²) in [5.41, 5.74) is 0. The first-order chi connectivity index (χ1) is 6.76. The molecular weight excluding hydrogens is 240 g/mol. The lowest BCUT2D eigenvalue weighted by atomic mass is 10.4. The Hall–Kier alpha value is -0.610. The topological polar surface area (TPSA) is 122 Å². The van der Waals surface area contributed by atoms with Gasteiger partial charge in [-0.3, -0.25) is 5.41 Å². The van der Waals surface area contributed by atoms with E-state index in [1.54, 1.807) is 6.07 Å². The molecule has 0 radical (unpaired) electrons. The van der Waals surface area contributed by atoms with E-state index in [9.17, 15) is 14.4 Å². The van der Waals surface area contributed by atoms with Gasteiger partial charge in [0.1, 0.15) is 0 Å². The molecule has 0 aliphatic rings. The molecule has 15 heavy (non-hydrogen) atoms. The Balaban J connectivity index is 3.15. The molecule has 0 spiro atoms. The highest BCUT2D eigenvalue weighted by molar-refractivity contribution is 8.06. The molecule has 0 saturated heterocycles. The summed E-state index contributed by atoms with van der Waals surface area (Å²) in [7, 11) is -9.10. The quantitative estimate of drug-likeness (QED) is 0.389. The van der Waals surface area contributed by atoms with Crippen molar-refractivity contribution in [3.8, 4) is 0 Å². The molecular formula is C7H10NO5P2+. The summed E-state index contributed by atoms with van der Waals surface area (Å²) in [6, 6.07) is 7.20. The Morgan fingerprint density at radius 3 is 2.07 bits per heavy atom. The Bertz CT molecular complexity index is 413. The van der Waals surface area contributed by atoms with Crippen molar-refractivity contribution in [3.63, 3.8) is 0 Å². The average Bonchev–Trinajstić information content (AvgIpc) is 2.16. The van der Waals surface area contributed by atoms with Crippen molar-refractivity contribution >= 4 is 25.8 Å². The summed E-state index contributed by atoms with van der Waals surface area (Å²) in [5, 5.41) is 5.68. The van der Waals surface area contributed by atoms with Gasteiger partial charge in [-0.05, 0) is 12.1 Å². The molecule has 5 N–H and O–H groups in total. The highest BCUT2D eigenvalue weighted by atomic mass is 31.3. The van der Waals surface area contributed by atoms with E-state index in [2.05, 4.69) is 0 Å². The van der Waals surface area contributed by atoms with Gasteiger partial charge in [-0.15, -0.1) is 0 Å². The smallest absolute Gasteiger partial charge is 0.317 e. The minimum atomic E-state index is -4.91. The maximum Gasteiger partial charge on any atom is 0.415 e. The van der Waals surface area contributed by atoms with Gasteiger partial charge in [0, 0.05) is 0 Å². The molecule has 0 amide bonds. The molecule has 0 saturated carbocycles. The second-order valence-electron chi connectivity index (χ2n) is 2.80. The second-order valence-corrected chi connectivity index (χ2v) is 6.86. The maximum absolute atomic E-state index is 10.7. The fourth-order valence-electron chi connectivity index (χ4n) is 0.940. The molecule has 1 aromatic rings. The van der Waals surface area contributed by atoms with E-state index in [0.717, 1.165) is 0 Å². The lowest BCUT2D eigenvalue weighted by Gasteiger charge is -2.12. The highest BCUT2D eigenvalue weighted by Crippen LogP contribution is 2.61. The molecule has 0 bridgehead atoms. The van der Waals surface area contributed by atoms with Crippen molar-refractivity contribution in [1.29, 1.82) is 5.41 Å². The monoisotopic (exact) mass is 250 g/mol. The SMILES string of the molecule is N=C(P(=O)(O)O)[P+](O)(O)c1ccccc1. The number of rotatable bonds is 3. The van der Waals surface area contributed by atoms with Crippen LogP contribution in [-0.2, 0) is 4.57 Å². The second kappa shape index (κ2) is 4.10. The van der Waals surface area contributed by atoms with Crippen molar-refractivity contribution < 1.29 is 24.1 Å². The predicted molar refractivity (Wildman–Crippen MR) is 57.2 cm³/mol. The van der Waals surface area contributed by atoms with E-state index >= 15 is 0 Å².